The molecule has 136 valence electrons. The zero-order valence-electron chi connectivity index (χ0n) is 15.6. The third kappa shape index (κ3) is 2.78. The summed E-state index contributed by atoms with van der Waals surface area (Å²) in [6, 6.07) is 16.2. The Balaban J connectivity index is 1.84. The standard InChI is InChI=1S/C22H27N2O2/c1-17-8-5-6-9-20(17)24-21-10-4-3-7-15-23(21)16-22(24,25)18-11-13-19(26-2)14-12-18/h5-6,8-9,11-14,25H,3-4,7,10,15-16H2,1-2H3/q+1. The van der Waals surface area contributed by atoms with Crippen molar-refractivity contribution in [1.29, 1.82) is 0 Å². The molecule has 2 aliphatic heterocycles. The van der Waals surface area contributed by atoms with Crippen LogP contribution in [0.3, 0.4) is 0 Å². The summed E-state index contributed by atoms with van der Waals surface area (Å²) >= 11 is 0. The Bertz CT molecular complexity index is 828. The van der Waals surface area contributed by atoms with E-state index in [-0.39, 0.29) is 0 Å². The van der Waals surface area contributed by atoms with Crippen LogP contribution in [0.2, 0.25) is 0 Å². The minimum absolute atomic E-state index is 0.600. The molecule has 0 saturated heterocycles. The molecule has 1 unspecified atom stereocenters. The van der Waals surface area contributed by atoms with E-state index >= 15 is 0 Å². The number of aryl methyl sites for hydroxylation is 1. The van der Waals surface area contributed by atoms with Gasteiger partial charge in [-0.25, -0.2) is 0 Å². The zero-order valence-corrected chi connectivity index (χ0v) is 15.6. The fourth-order valence-corrected chi connectivity index (χ4v) is 4.25. The first-order valence-corrected chi connectivity index (χ1v) is 9.47. The molecule has 0 aromatic heterocycles. The molecule has 0 radical (unpaired) electrons. The lowest BCUT2D eigenvalue weighted by molar-refractivity contribution is -0.534. The first kappa shape index (κ1) is 17.1. The molecule has 4 heteroatoms. The first-order chi connectivity index (χ1) is 12.6. The molecule has 0 spiro atoms. The largest absolute Gasteiger partial charge is 0.497 e. The van der Waals surface area contributed by atoms with Crippen LogP contribution in [0.5, 0.6) is 5.75 Å². The highest BCUT2D eigenvalue weighted by Gasteiger charge is 2.54. The van der Waals surface area contributed by atoms with Gasteiger partial charge in [0.25, 0.3) is 11.6 Å². The number of nitrogens with zero attached hydrogens (tertiary/aromatic N) is 2. The number of benzene rings is 2. The summed E-state index contributed by atoms with van der Waals surface area (Å²) in [4.78, 5) is 2.18. The van der Waals surface area contributed by atoms with E-state index < -0.39 is 5.72 Å². The maximum atomic E-state index is 11.9. The van der Waals surface area contributed by atoms with Gasteiger partial charge in [0.2, 0.25) is 0 Å². The first-order valence-electron chi connectivity index (χ1n) is 9.47. The molecular formula is C22H27N2O2+. The summed E-state index contributed by atoms with van der Waals surface area (Å²) < 4.78 is 7.67. The molecule has 4 rings (SSSR count). The quantitative estimate of drug-likeness (QED) is 0.858. The van der Waals surface area contributed by atoms with Crippen molar-refractivity contribution >= 4 is 11.5 Å². The van der Waals surface area contributed by atoms with Crippen LogP contribution in [-0.2, 0) is 5.72 Å². The lowest BCUT2D eigenvalue weighted by Crippen LogP contribution is -2.47. The molecule has 1 N–H and O–H groups in total. The molecule has 1 atom stereocenters. The Morgan fingerprint density at radius 2 is 1.81 bits per heavy atom. The number of ether oxygens (including phenoxy) is 1. The van der Waals surface area contributed by atoms with Crippen molar-refractivity contribution in [2.75, 3.05) is 25.1 Å². The Labute approximate surface area is 155 Å². The Kier molecular flexibility index (Phi) is 4.45. The van der Waals surface area contributed by atoms with E-state index in [0.29, 0.717) is 6.54 Å². The molecule has 0 aliphatic carbocycles. The summed E-state index contributed by atoms with van der Waals surface area (Å²) in [6.07, 6.45) is 4.62. The van der Waals surface area contributed by atoms with Crippen LogP contribution in [-0.4, -0.2) is 35.7 Å². The monoisotopic (exact) mass is 351 g/mol. The molecular weight excluding hydrogens is 324 g/mol. The van der Waals surface area contributed by atoms with E-state index in [2.05, 4.69) is 40.7 Å². The van der Waals surface area contributed by atoms with Crippen molar-refractivity contribution in [1.82, 2.24) is 0 Å². The molecule has 0 amide bonds. The van der Waals surface area contributed by atoms with E-state index in [0.717, 1.165) is 30.0 Å². The second-order valence-corrected chi connectivity index (χ2v) is 7.32. The number of methoxy groups -OCH3 is 1. The van der Waals surface area contributed by atoms with E-state index in [4.69, 9.17) is 4.74 Å². The number of amidine groups is 1. The van der Waals surface area contributed by atoms with Crippen LogP contribution in [0.1, 0.15) is 36.8 Å². The maximum Gasteiger partial charge on any atom is 0.275 e. The van der Waals surface area contributed by atoms with Crippen molar-refractivity contribution in [3.8, 4) is 5.75 Å². The lowest BCUT2D eigenvalue weighted by Gasteiger charge is -2.30. The normalized spacial score (nSPS) is 23.0. The van der Waals surface area contributed by atoms with E-state index in [1.54, 1.807) is 7.11 Å². The molecule has 2 aromatic rings. The van der Waals surface area contributed by atoms with Crippen molar-refractivity contribution in [3.05, 3.63) is 59.7 Å². The maximum absolute atomic E-state index is 11.9. The van der Waals surface area contributed by atoms with Gasteiger partial charge in [-0.1, -0.05) is 18.2 Å². The van der Waals surface area contributed by atoms with E-state index in [1.807, 2.05) is 24.3 Å². The van der Waals surface area contributed by atoms with Gasteiger partial charge in [0.15, 0.2) is 6.54 Å². The average molecular weight is 351 g/mol. The van der Waals surface area contributed by atoms with Gasteiger partial charge in [0, 0.05) is 12.0 Å². The van der Waals surface area contributed by atoms with Crippen LogP contribution >= 0.6 is 0 Å². The number of hydrogen-bond donors (Lipinski definition) is 1. The number of rotatable bonds is 3. The van der Waals surface area contributed by atoms with Gasteiger partial charge < -0.3 is 9.84 Å². The van der Waals surface area contributed by atoms with Crippen molar-refractivity contribution < 1.29 is 14.4 Å². The van der Waals surface area contributed by atoms with Gasteiger partial charge in [-0.15, -0.1) is 0 Å². The van der Waals surface area contributed by atoms with Crippen molar-refractivity contribution in [2.45, 2.75) is 38.3 Å². The number of para-hydroxylation sites is 1. The van der Waals surface area contributed by atoms with Gasteiger partial charge in [-0.2, -0.15) is 4.90 Å². The summed E-state index contributed by atoms with van der Waals surface area (Å²) in [5.41, 5.74) is 2.11. The minimum Gasteiger partial charge on any atom is -0.497 e. The van der Waals surface area contributed by atoms with Gasteiger partial charge in [0.1, 0.15) is 11.4 Å². The molecule has 0 fully saturated rings. The number of aliphatic hydroxyl groups is 1. The van der Waals surface area contributed by atoms with Gasteiger partial charge in [-0.3, -0.25) is 4.58 Å². The predicted octanol–water partition coefficient (Wildman–Crippen LogP) is 3.65. The molecule has 0 bridgehead atoms. The fourth-order valence-electron chi connectivity index (χ4n) is 4.25. The Morgan fingerprint density at radius 1 is 1.04 bits per heavy atom. The Hall–Kier alpha value is -2.33. The van der Waals surface area contributed by atoms with Crippen molar-refractivity contribution in [2.24, 2.45) is 0 Å². The van der Waals surface area contributed by atoms with Crippen LogP contribution in [0, 0.1) is 6.92 Å². The topological polar surface area (TPSA) is 35.7 Å². The highest BCUT2D eigenvalue weighted by molar-refractivity contribution is 5.97. The smallest absolute Gasteiger partial charge is 0.275 e. The van der Waals surface area contributed by atoms with Gasteiger partial charge in [-0.05, 0) is 62.1 Å². The summed E-state index contributed by atoms with van der Waals surface area (Å²) in [5, 5.41) is 11.9. The molecule has 4 nitrogen and oxygen atoms in total. The summed E-state index contributed by atoms with van der Waals surface area (Å²) in [6.45, 7) is 3.73. The summed E-state index contributed by atoms with van der Waals surface area (Å²) in [7, 11) is 1.67. The zero-order chi connectivity index (χ0) is 18.1. The minimum atomic E-state index is -1.06. The van der Waals surface area contributed by atoms with E-state index in [9.17, 15) is 5.11 Å². The third-order valence-corrected chi connectivity index (χ3v) is 5.64. The lowest BCUT2D eigenvalue weighted by atomic mass is 9.99. The predicted molar refractivity (Wildman–Crippen MR) is 104 cm³/mol. The second-order valence-electron chi connectivity index (χ2n) is 7.32. The number of hydrogen-bond acceptors (Lipinski definition) is 3. The van der Waals surface area contributed by atoms with Gasteiger partial charge in [0.05, 0.1) is 13.7 Å². The van der Waals surface area contributed by atoms with Crippen LogP contribution in [0.15, 0.2) is 48.5 Å². The fraction of sp³-hybridized carbons (Fsp3) is 0.409. The second kappa shape index (κ2) is 6.76. The average Bonchev–Trinajstić information content (AvgIpc) is 2.80. The van der Waals surface area contributed by atoms with E-state index in [1.165, 1.54) is 30.7 Å². The molecule has 2 aliphatic rings. The third-order valence-electron chi connectivity index (χ3n) is 5.64. The SMILES string of the molecule is COc1ccc(C2(O)C[N+]3=C(CCCCC3)N2c2ccccc2C)cc1. The molecule has 2 aromatic carbocycles. The summed E-state index contributed by atoms with van der Waals surface area (Å²) in [5.74, 6) is 2.05. The molecule has 26 heavy (non-hydrogen) atoms. The van der Waals surface area contributed by atoms with Crippen LogP contribution < -0.4 is 9.64 Å². The van der Waals surface area contributed by atoms with Crippen LogP contribution in [0.25, 0.3) is 0 Å². The Morgan fingerprint density at radius 3 is 2.54 bits per heavy atom. The highest BCUT2D eigenvalue weighted by Crippen LogP contribution is 2.39. The highest BCUT2D eigenvalue weighted by atomic mass is 16.5. The van der Waals surface area contributed by atoms with Crippen LogP contribution in [0.4, 0.5) is 5.69 Å². The van der Waals surface area contributed by atoms with Crippen molar-refractivity contribution in [3.63, 3.8) is 0 Å². The molecule has 0 saturated carbocycles. The number of anilines is 1. The molecule has 2 heterocycles. The van der Waals surface area contributed by atoms with Gasteiger partial charge >= 0.3 is 0 Å².